The van der Waals surface area contributed by atoms with E-state index in [0.29, 0.717) is 0 Å². The first-order valence-corrected chi connectivity index (χ1v) is 5.22. The summed E-state index contributed by atoms with van der Waals surface area (Å²) >= 11 is 0. The lowest BCUT2D eigenvalue weighted by atomic mass is 10.4. The summed E-state index contributed by atoms with van der Waals surface area (Å²) < 4.78 is 23.0. The molecule has 0 radical (unpaired) electrons. The minimum Gasteiger partial charge on any atom is -0.538 e. The molecule has 1 aromatic rings. The van der Waals surface area contributed by atoms with E-state index >= 15 is 0 Å². The number of carboxylic acids is 1. The second-order valence-electron chi connectivity index (χ2n) is 2.51. The maximum atomic E-state index is 11.5. The van der Waals surface area contributed by atoms with Crippen molar-refractivity contribution in [3.63, 3.8) is 0 Å². The van der Waals surface area contributed by atoms with Crippen LogP contribution < -0.4 is 5.11 Å². The summed E-state index contributed by atoms with van der Waals surface area (Å²) in [4.78, 5) is 12.3. The van der Waals surface area contributed by atoms with E-state index in [4.69, 9.17) is 5.53 Å². The standard InChI is InChI=1S/C8H6N2O4S/c9-10-7(8(11)12)15(13,14)6-4-2-1-3-5-6/h1-5H,(H,11,12)/p-1. The van der Waals surface area contributed by atoms with Gasteiger partial charge in [0.2, 0.25) is 0 Å². The van der Waals surface area contributed by atoms with Crippen LogP contribution in [0, 0.1) is 0 Å². The van der Waals surface area contributed by atoms with Crippen LogP contribution in [-0.2, 0) is 14.6 Å². The van der Waals surface area contributed by atoms with E-state index in [1.165, 1.54) is 24.3 Å². The van der Waals surface area contributed by atoms with Crippen LogP contribution in [0.5, 0.6) is 0 Å². The van der Waals surface area contributed by atoms with Crippen molar-refractivity contribution in [3.8, 4) is 0 Å². The second-order valence-corrected chi connectivity index (χ2v) is 4.37. The number of carbonyl (C=O) groups excluding carboxylic acids is 1. The number of benzene rings is 1. The smallest absolute Gasteiger partial charge is 0.432 e. The fourth-order valence-electron chi connectivity index (χ4n) is 0.916. The Hall–Kier alpha value is -1.98. The lowest BCUT2D eigenvalue weighted by Crippen LogP contribution is -2.37. The van der Waals surface area contributed by atoms with Gasteiger partial charge in [0.05, 0.1) is 4.90 Å². The van der Waals surface area contributed by atoms with Gasteiger partial charge in [0.1, 0.15) is 0 Å². The van der Waals surface area contributed by atoms with Crippen LogP contribution in [0.4, 0.5) is 0 Å². The number of nitrogens with zero attached hydrogens (tertiary/aromatic N) is 2. The molecule has 0 unspecified atom stereocenters. The molecule has 1 aromatic carbocycles. The van der Waals surface area contributed by atoms with E-state index < -0.39 is 20.9 Å². The molecule has 78 valence electrons. The largest absolute Gasteiger partial charge is 0.538 e. The minimum atomic E-state index is -4.31. The van der Waals surface area contributed by atoms with Crippen molar-refractivity contribution in [1.29, 1.82) is 0 Å². The molecule has 0 fully saturated rings. The van der Waals surface area contributed by atoms with Crippen LogP contribution in [0.15, 0.2) is 35.2 Å². The zero-order valence-electron chi connectivity index (χ0n) is 7.32. The molecule has 0 N–H and O–H groups in total. The molecule has 0 aliphatic rings. The summed E-state index contributed by atoms with van der Waals surface area (Å²) in [7, 11) is -4.31. The molecule has 0 aliphatic heterocycles. The van der Waals surface area contributed by atoms with Crippen LogP contribution in [-0.4, -0.2) is 24.2 Å². The summed E-state index contributed by atoms with van der Waals surface area (Å²) in [6, 6.07) is 6.76. The fourth-order valence-corrected chi connectivity index (χ4v) is 1.98. The molecule has 0 aliphatic carbocycles. The first kappa shape index (κ1) is 11.1. The molecule has 0 heterocycles. The Morgan fingerprint density at radius 2 is 1.80 bits per heavy atom. The van der Waals surface area contributed by atoms with Crippen molar-refractivity contribution in [2.24, 2.45) is 0 Å². The Labute approximate surface area is 85.3 Å². The zero-order chi connectivity index (χ0) is 11.5. The molecule has 0 saturated heterocycles. The van der Waals surface area contributed by atoms with Crippen LogP contribution in [0.1, 0.15) is 0 Å². The van der Waals surface area contributed by atoms with Gasteiger partial charge in [-0.25, -0.2) is 8.42 Å². The fraction of sp³-hybridized carbons (Fsp3) is 0. The van der Waals surface area contributed by atoms with Gasteiger partial charge in [-0.15, -0.1) is 0 Å². The van der Waals surface area contributed by atoms with Crippen LogP contribution in [0.2, 0.25) is 0 Å². The van der Waals surface area contributed by atoms with Gasteiger partial charge in [-0.2, -0.15) is 4.79 Å². The molecule has 0 spiro atoms. The van der Waals surface area contributed by atoms with Crippen molar-refractivity contribution in [3.05, 3.63) is 35.9 Å². The highest BCUT2D eigenvalue weighted by Crippen LogP contribution is 2.10. The van der Waals surface area contributed by atoms with E-state index in [-0.39, 0.29) is 4.90 Å². The van der Waals surface area contributed by atoms with Crippen LogP contribution in [0.3, 0.4) is 0 Å². The normalized spacial score (nSPS) is 10.4. The van der Waals surface area contributed by atoms with E-state index in [1.807, 2.05) is 0 Å². The third-order valence-electron chi connectivity index (χ3n) is 1.57. The van der Waals surface area contributed by atoms with Crippen molar-refractivity contribution in [1.82, 2.24) is 0 Å². The number of aliphatic carboxylic acids is 1. The van der Waals surface area contributed by atoms with E-state index in [0.717, 1.165) is 0 Å². The maximum absolute atomic E-state index is 11.5. The summed E-state index contributed by atoms with van der Waals surface area (Å²) in [6.45, 7) is 0. The third-order valence-corrected chi connectivity index (χ3v) is 3.22. The zero-order valence-corrected chi connectivity index (χ0v) is 8.14. The Balaban J connectivity index is 3.39. The average molecular weight is 225 g/mol. The predicted octanol–water partition coefficient (Wildman–Crippen LogP) is -1.16. The molecular weight excluding hydrogens is 220 g/mol. The van der Waals surface area contributed by atoms with Gasteiger partial charge in [-0.05, 0) is 12.1 Å². The van der Waals surface area contributed by atoms with Gasteiger partial charge in [-0.1, -0.05) is 18.2 Å². The maximum Gasteiger partial charge on any atom is 0.432 e. The Morgan fingerprint density at radius 1 is 1.27 bits per heavy atom. The lowest BCUT2D eigenvalue weighted by Gasteiger charge is -1.99. The number of hydrogen-bond acceptors (Lipinski definition) is 4. The average Bonchev–Trinajstić information content (AvgIpc) is 2.19. The van der Waals surface area contributed by atoms with Crippen molar-refractivity contribution >= 4 is 20.9 Å². The molecule has 1 rings (SSSR count). The highest BCUT2D eigenvalue weighted by atomic mass is 32.2. The molecule has 15 heavy (non-hydrogen) atoms. The number of carbonyl (C=O) groups is 1. The molecule has 7 heteroatoms. The predicted molar refractivity (Wildman–Crippen MR) is 47.3 cm³/mol. The van der Waals surface area contributed by atoms with E-state index in [2.05, 4.69) is 4.79 Å². The quantitative estimate of drug-likeness (QED) is 0.259. The van der Waals surface area contributed by atoms with Crippen molar-refractivity contribution < 1.29 is 23.1 Å². The summed E-state index contributed by atoms with van der Waals surface area (Å²) in [6.07, 6.45) is 0. The Kier molecular flexibility index (Phi) is 2.99. The highest BCUT2D eigenvalue weighted by Gasteiger charge is 2.31. The van der Waals surface area contributed by atoms with Crippen molar-refractivity contribution in [2.45, 2.75) is 4.90 Å². The summed E-state index contributed by atoms with van der Waals surface area (Å²) in [5.74, 6) is -2.05. The van der Waals surface area contributed by atoms with Gasteiger partial charge >= 0.3 is 5.04 Å². The number of sulfone groups is 1. The lowest BCUT2D eigenvalue weighted by molar-refractivity contribution is -0.296. The molecule has 0 saturated carbocycles. The van der Waals surface area contributed by atoms with Gasteiger partial charge in [0.25, 0.3) is 9.84 Å². The minimum absolute atomic E-state index is 0.276. The molecule has 0 aromatic heterocycles. The molecular formula is C8H5N2O4S-. The van der Waals surface area contributed by atoms with Crippen LogP contribution in [0.25, 0.3) is 5.53 Å². The number of carboxylic acid groups (broad SMARTS) is 1. The number of hydrogen-bond donors (Lipinski definition) is 0. The van der Waals surface area contributed by atoms with E-state index in [1.54, 1.807) is 6.07 Å². The Morgan fingerprint density at radius 3 is 2.20 bits per heavy atom. The van der Waals surface area contributed by atoms with E-state index in [9.17, 15) is 18.3 Å². The summed E-state index contributed by atoms with van der Waals surface area (Å²) in [5, 5.41) is 8.96. The first-order valence-electron chi connectivity index (χ1n) is 3.73. The number of rotatable bonds is 1. The highest BCUT2D eigenvalue weighted by molar-refractivity contribution is 8.08. The first-order chi connectivity index (χ1) is 7.00. The van der Waals surface area contributed by atoms with Gasteiger partial charge in [0.15, 0.2) is 5.97 Å². The monoisotopic (exact) mass is 225 g/mol. The van der Waals surface area contributed by atoms with Gasteiger partial charge in [-0.3, -0.25) is 0 Å². The SMILES string of the molecule is [N-]=[N+]=C(C(=O)[O-])S(=O)(=O)c1ccccc1. The van der Waals surface area contributed by atoms with Gasteiger partial charge in [0, 0.05) is 0 Å². The topological polar surface area (TPSA) is 111 Å². The molecule has 0 atom stereocenters. The molecule has 6 nitrogen and oxygen atoms in total. The van der Waals surface area contributed by atoms with Crippen molar-refractivity contribution in [2.75, 3.05) is 0 Å². The van der Waals surface area contributed by atoms with Gasteiger partial charge < -0.3 is 15.4 Å². The molecule has 0 amide bonds. The van der Waals surface area contributed by atoms with Crippen LogP contribution >= 0.6 is 0 Å². The third kappa shape index (κ3) is 2.09. The second kappa shape index (κ2) is 4.04. The molecule has 0 bridgehead atoms. The summed E-state index contributed by atoms with van der Waals surface area (Å²) in [5.41, 5.74) is 8.28. The Bertz CT molecular complexity index is 529.